The van der Waals surface area contributed by atoms with E-state index in [9.17, 15) is 17.6 Å². The maximum absolute atomic E-state index is 13.0. The molecular weight excluding hydrogens is 411 g/mol. The second-order valence-corrected chi connectivity index (χ2v) is 10.1. The Balaban J connectivity index is 1.35. The van der Waals surface area contributed by atoms with E-state index in [-0.39, 0.29) is 29.4 Å². The van der Waals surface area contributed by atoms with Crippen LogP contribution in [0.3, 0.4) is 0 Å². The first-order chi connectivity index (χ1) is 13.9. The number of halogens is 1. The number of aromatic nitrogens is 1. The van der Waals surface area contributed by atoms with Crippen LogP contribution in [-0.2, 0) is 27.5 Å². The first-order valence-electron chi connectivity index (χ1n) is 9.28. The third-order valence-corrected chi connectivity index (χ3v) is 7.67. The Bertz CT molecular complexity index is 1150. The van der Waals surface area contributed by atoms with Gasteiger partial charge in [-0.05, 0) is 49.1 Å². The number of sulfone groups is 1. The van der Waals surface area contributed by atoms with Crippen molar-refractivity contribution in [2.45, 2.75) is 30.6 Å². The number of aryl methyl sites for hydroxylation is 2. The number of benzene rings is 2. The number of hydrogen-bond acceptors (Lipinski definition) is 5. The van der Waals surface area contributed by atoms with E-state index in [0.717, 1.165) is 41.1 Å². The smallest absolute Gasteiger partial charge is 0.226 e. The summed E-state index contributed by atoms with van der Waals surface area (Å²) >= 11 is 1.47. The molecule has 0 atom stereocenters. The van der Waals surface area contributed by atoms with Crippen molar-refractivity contribution in [3.8, 4) is 11.3 Å². The molecule has 1 aliphatic rings. The van der Waals surface area contributed by atoms with Crippen LogP contribution >= 0.6 is 11.3 Å². The molecule has 1 aliphatic carbocycles. The van der Waals surface area contributed by atoms with Gasteiger partial charge in [-0.3, -0.25) is 4.79 Å². The summed E-state index contributed by atoms with van der Waals surface area (Å²) in [6.07, 6.45) is 2.11. The van der Waals surface area contributed by atoms with Crippen molar-refractivity contribution in [2.75, 3.05) is 11.1 Å². The molecule has 5 nitrogen and oxygen atoms in total. The predicted octanol–water partition coefficient (Wildman–Crippen LogP) is 4.24. The summed E-state index contributed by atoms with van der Waals surface area (Å²) in [4.78, 5) is 18.0. The van der Waals surface area contributed by atoms with E-state index in [1.807, 2.05) is 18.2 Å². The van der Waals surface area contributed by atoms with Gasteiger partial charge in [-0.2, -0.15) is 0 Å². The summed E-state index contributed by atoms with van der Waals surface area (Å²) in [7, 11) is -3.54. The minimum Gasteiger partial charge on any atom is -0.302 e. The molecule has 2 aromatic carbocycles. The summed E-state index contributed by atoms with van der Waals surface area (Å²) in [5.74, 6) is -0.927. The zero-order valence-corrected chi connectivity index (χ0v) is 17.2. The second-order valence-electron chi connectivity index (χ2n) is 6.87. The largest absolute Gasteiger partial charge is 0.302 e. The lowest BCUT2D eigenvalue weighted by atomic mass is 9.94. The summed E-state index contributed by atoms with van der Waals surface area (Å²) in [5.41, 5.74) is 3.29. The van der Waals surface area contributed by atoms with E-state index in [1.165, 1.54) is 29.0 Å². The number of thiazole rings is 1. The predicted molar refractivity (Wildman–Crippen MR) is 111 cm³/mol. The van der Waals surface area contributed by atoms with Crippen LogP contribution in [0.1, 0.15) is 23.3 Å². The van der Waals surface area contributed by atoms with Gasteiger partial charge in [-0.15, -0.1) is 11.3 Å². The average Bonchev–Trinajstić information content (AvgIpc) is 3.11. The number of hydrogen-bond donors (Lipinski definition) is 1. The summed E-state index contributed by atoms with van der Waals surface area (Å²) in [6.45, 7) is 0. The fourth-order valence-electron chi connectivity index (χ4n) is 3.37. The third kappa shape index (κ3) is 4.38. The number of fused-ring (bicyclic) bond motifs is 3. The third-order valence-electron chi connectivity index (χ3n) is 4.83. The quantitative estimate of drug-likeness (QED) is 0.594. The SMILES string of the molecule is O=C(CCCS(=O)(=O)c1ccc(F)cc1)Nc1nc2c(s1)CCc1ccccc1-2. The molecule has 0 radical (unpaired) electrons. The molecule has 29 heavy (non-hydrogen) atoms. The summed E-state index contributed by atoms with van der Waals surface area (Å²) in [5, 5.41) is 3.33. The monoisotopic (exact) mass is 430 g/mol. The fourth-order valence-corrected chi connectivity index (χ4v) is 5.67. The molecule has 1 heterocycles. The number of carbonyl (C=O) groups excluding carboxylic acids is 1. The molecule has 8 heteroatoms. The number of nitrogens with zero attached hydrogens (tertiary/aromatic N) is 1. The zero-order chi connectivity index (χ0) is 20.4. The Morgan fingerprint density at radius 1 is 1.10 bits per heavy atom. The van der Waals surface area contributed by atoms with Gasteiger partial charge in [-0.25, -0.2) is 17.8 Å². The van der Waals surface area contributed by atoms with Crippen LogP contribution in [-0.4, -0.2) is 25.1 Å². The minimum absolute atomic E-state index is 0.0607. The Morgan fingerprint density at radius 3 is 2.66 bits per heavy atom. The van der Waals surface area contributed by atoms with Gasteiger partial charge in [0.25, 0.3) is 0 Å². The maximum atomic E-state index is 13.0. The van der Waals surface area contributed by atoms with Gasteiger partial charge in [-0.1, -0.05) is 24.3 Å². The van der Waals surface area contributed by atoms with Crippen molar-refractivity contribution >= 4 is 32.2 Å². The Morgan fingerprint density at radius 2 is 1.86 bits per heavy atom. The van der Waals surface area contributed by atoms with E-state index in [0.29, 0.717) is 5.13 Å². The minimum atomic E-state index is -3.54. The number of nitrogens with one attached hydrogen (secondary N) is 1. The number of amides is 1. The van der Waals surface area contributed by atoms with Gasteiger partial charge < -0.3 is 5.32 Å². The molecule has 0 fully saturated rings. The van der Waals surface area contributed by atoms with Gasteiger partial charge in [0.2, 0.25) is 5.91 Å². The lowest BCUT2D eigenvalue weighted by Gasteiger charge is -2.13. The number of rotatable bonds is 6. The molecule has 0 bridgehead atoms. The van der Waals surface area contributed by atoms with E-state index in [2.05, 4.69) is 16.4 Å². The molecule has 3 aromatic rings. The van der Waals surface area contributed by atoms with Crippen molar-refractivity contribution in [1.82, 2.24) is 4.98 Å². The Kier molecular flexibility index (Phi) is 5.47. The van der Waals surface area contributed by atoms with Crippen LogP contribution in [0.5, 0.6) is 0 Å². The molecule has 1 N–H and O–H groups in total. The van der Waals surface area contributed by atoms with Crippen molar-refractivity contribution in [1.29, 1.82) is 0 Å². The fraction of sp³-hybridized carbons (Fsp3) is 0.238. The topological polar surface area (TPSA) is 76.1 Å². The summed E-state index contributed by atoms with van der Waals surface area (Å²) < 4.78 is 37.5. The van der Waals surface area contributed by atoms with Gasteiger partial charge >= 0.3 is 0 Å². The average molecular weight is 431 g/mol. The van der Waals surface area contributed by atoms with Crippen LogP contribution in [0.4, 0.5) is 9.52 Å². The van der Waals surface area contributed by atoms with Crippen LogP contribution < -0.4 is 5.32 Å². The molecule has 4 rings (SSSR count). The first kappa shape index (κ1) is 19.7. The molecule has 0 saturated carbocycles. The van der Waals surface area contributed by atoms with E-state index >= 15 is 0 Å². The van der Waals surface area contributed by atoms with Crippen LogP contribution in [0.25, 0.3) is 11.3 Å². The van der Waals surface area contributed by atoms with Crippen LogP contribution in [0.15, 0.2) is 53.4 Å². The lowest BCUT2D eigenvalue weighted by molar-refractivity contribution is -0.116. The van der Waals surface area contributed by atoms with Crippen molar-refractivity contribution in [3.63, 3.8) is 0 Å². The number of anilines is 1. The summed E-state index contributed by atoms with van der Waals surface area (Å²) in [6, 6.07) is 12.8. The maximum Gasteiger partial charge on any atom is 0.226 e. The standard InChI is InChI=1S/C21H19FN2O3S2/c22-15-8-10-16(11-9-15)29(26,27)13-3-6-19(25)23-21-24-20-17-5-2-1-4-14(17)7-12-18(20)28-21/h1-2,4-5,8-11H,3,6-7,12-13H2,(H,23,24,25). The second kappa shape index (κ2) is 8.04. The molecule has 0 spiro atoms. The van der Waals surface area contributed by atoms with Crippen molar-refractivity contribution in [3.05, 3.63) is 64.8 Å². The number of carbonyl (C=O) groups is 1. The molecule has 1 amide bonds. The van der Waals surface area contributed by atoms with Gasteiger partial charge in [0.05, 0.1) is 16.3 Å². The van der Waals surface area contributed by atoms with Crippen LogP contribution in [0.2, 0.25) is 0 Å². The highest BCUT2D eigenvalue weighted by Gasteiger charge is 2.21. The molecule has 1 aromatic heterocycles. The Hall–Kier alpha value is -2.58. The first-order valence-corrected chi connectivity index (χ1v) is 11.8. The van der Waals surface area contributed by atoms with E-state index in [1.54, 1.807) is 0 Å². The molecule has 0 aliphatic heterocycles. The highest BCUT2D eigenvalue weighted by molar-refractivity contribution is 7.91. The zero-order valence-electron chi connectivity index (χ0n) is 15.5. The highest BCUT2D eigenvalue weighted by Crippen LogP contribution is 2.37. The van der Waals surface area contributed by atoms with Gasteiger partial charge in [0, 0.05) is 16.9 Å². The normalized spacial score (nSPS) is 12.9. The Labute approximate surface area is 172 Å². The lowest BCUT2D eigenvalue weighted by Crippen LogP contribution is -2.14. The van der Waals surface area contributed by atoms with Gasteiger partial charge in [0.1, 0.15) is 5.82 Å². The highest BCUT2D eigenvalue weighted by atomic mass is 32.2. The van der Waals surface area contributed by atoms with Gasteiger partial charge in [0.15, 0.2) is 15.0 Å². The molecule has 0 unspecified atom stereocenters. The molecule has 0 saturated heterocycles. The van der Waals surface area contributed by atoms with E-state index < -0.39 is 15.7 Å². The van der Waals surface area contributed by atoms with Crippen LogP contribution in [0, 0.1) is 5.82 Å². The molecular formula is C21H19FN2O3S2. The van der Waals surface area contributed by atoms with Crippen molar-refractivity contribution in [2.24, 2.45) is 0 Å². The van der Waals surface area contributed by atoms with Crippen molar-refractivity contribution < 1.29 is 17.6 Å². The molecule has 150 valence electrons. The van der Waals surface area contributed by atoms with E-state index in [4.69, 9.17) is 0 Å².